The Morgan fingerprint density at radius 2 is 2.12 bits per heavy atom. The van der Waals surface area contributed by atoms with E-state index >= 15 is 0 Å². The lowest BCUT2D eigenvalue weighted by Gasteiger charge is -2.26. The van der Waals surface area contributed by atoms with Crippen molar-refractivity contribution in [2.24, 2.45) is 11.7 Å². The Bertz CT molecular complexity index is 378. The Balaban J connectivity index is 1.85. The van der Waals surface area contributed by atoms with Crippen LogP contribution in [0.3, 0.4) is 0 Å². The number of benzene rings is 1. The predicted molar refractivity (Wildman–Crippen MR) is 74.1 cm³/mol. The summed E-state index contributed by atoms with van der Waals surface area (Å²) in [5, 5.41) is 10.4. The number of aliphatic hydroxyl groups is 1. The zero-order chi connectivity index (χ0) is 12.3. The normalized spacial score (nSPS) is 19.0. The lowest BCUT2D eigenvalue weighted by Crippen LogP contribution is -2.42. The monoisotopic (exact) mass is 251 g/mol. The molecular weight excluding hydrogens is 230 g/mol. The molecule has 94 valence electrons. The van der Waals surface area contributed by atoms with Gasteiger partial charge in [0.25, 0.3) is 0 Å². The standard InChI is InChI=1S/C14H21NOS/c1-11-4-2-3-5-12(11)8-17-10-14(16,9-15)13-6-7-13/h2-5,13,16H,6-10,15H2,1H3. The SMILES string of the molecule is Cc1ccccc1CSCC(O)(CN)C1CC1. The highest BCUT2D eigenvalue weighted by Crippen LogP contribution is 2.41. The van der Waals surface area contributed by atoms with Crippen molar-refractivity contribution in [1.29, 1.82) is 0 Å². The van der Waals surface area contributed by atoms with Gasteiger partial charge in [0.05, 0.1) is 5.60 Å². The molecule has 3 N–H and O–H groups in total. The Labute approximate surface area is 108 Å². The summed E-state index contributed by atoms with van der Waals surface area (Å²) < 4.78 is 0. The van der Waals surface area contributed by atoms with Crippen molar-refractivity contribution in [3.8, 4) is 0 Å². The van der Waals surface area contributed by atoms with Crippen molar-refractivity contribution >= 4 is 11.8 Å². The average molecular weight is 251 g/mol. The molecule has 0 amide bonds. The molecule has 2 nitrogen and oxygen atoms in total. The largest absolute Gasteiger partial charge is 0.387 e. The van der Waals surface area contributed by atoms with Crippen LogP contribution in [0.15, 0.2) is 24.3 Å². The van der Waals surface area contributed by atoms with Crippen LogP contribution in [0.25, 0.3) is 0 Å². The Kier molecular flexibility index (Phi) is 4.13. The maximum atomic E-state index is 10.4. The molecule has 0 aromatic heterocycles. The fourth-order valence-corrected chi connectivity index (χ4v) is 3.43. The smallest absolute Gasteiger partial charge is 0.0887 e. The molecule has 1 atom stereocenters. The van der Waals surface area contributed by atoms with Crippen LogP contribution in [0.2, 0.25) is 0 Å². The van der Waals surface area contributed by atoms with E-state index in [1.165, 1.54) is 11.1 Å². The fourth-order valence-electron chi connectivity index (χ4n) is 2.07. The lowest BCUT2D eigenvalue weighted by atomic mass is 10.0. The fraction of sp³-hybridized carbons (Fsp3) is 0.571. The van der Waals surface area contributed by atoms with Gasteiger partial charge in [0.2, 0.25) is 0 Å². The van der Waals surface area contributed by atoms with E-state index in [4.69, 9.17) is 5.73 Å². The molecule has 0 radical (unpaired) electrons. The summed E-state index contributed by atoms with van der Waals surface area (Å²) in [6.07, 6.45) is 2.28. The van der Waals surface area contributed by atoms with Crippen LogP contribution in [0, 0.1) is 12.8 Å². The minimum Gasteiger partial charge on any atom is -0.387 e. The average Bonchev–Trinajstić information content (AvgIpc) is 3.16. The van der Waals surface area contributed by atoms with Gasteiger partial charge in [0.15, 0.2) is 0 Å². The number of rotatable bonds is 6. The second kappa shape index (κ2) is 5.42. The predicted octanol–water partition coefficient (Wildman–Crippen LogP) is 2.33. The number of hydrogen-bond acceptors (Lipinski definition) is 3. The van der Waals surface area contributed by atoms with Crippen LogP contribution in [-0.4, -0.2) is 23.0 Å². The maximum absolute atomic E-state index is 10.4. The van der Waals surface area contributed by atoms with E-state index in [0.717, 1.165) is 24.3 Å². The van der Waals surface area contributed by atoms with Gasteiger partial charge < -0.3 is 10.8 Å². The summed E-state index contributed by atoms with van der Waals surface area (Å²) in [7, 11) is 0. The first-order valence-electron chi connectivity index (χ1n) is 6.20. The number of hydrogen-bond donors (Lipinski definition) is 2. The molecule has 1 aromatic rings. The van der Waals surface area contributed by atoms with Gasteiger partial charge in [-0.1, -0.05) is 24.3 Å². The van der Waals surface area contributed by atoms with E-state index in [1.807, 2.05) is 0 Å². The second-order valence-electron chi connectivity index (χ2n) is 5.00. The Morgan fingerprint density at radius 3 is 2.71 bits per heavy atom. The number of nitrogens with two attached hydrogens (primary N) is 1. The third kappa shape index (κ3) is 3.24. The number of thioether (sulfide) groups is 1. The summed E-state index contributed by atoms with van der Waals surface area (Å²) in [4.78, 5) is 0. The minimum absolute atomic E-state index is 0.387. The molecule has 1 aromatic carbocycles. The van der Waals surface area contributed by atoms with Crippen LogP contribution >= 0.6 is 11.8 Å². The van der Waals surface area contributed by atoms with Gasteiger partial charge in [-0.3, -0.25) is 0 Å². The first kappa shape index (κ1) is 12.9. The third-order valence-electron chi connectivity index (χ3n) is 3.56. The molecule has 0 spiro atoms. The molecule has 1 aliphatic carbocycles. The highest BCUT2D eigenvalue weighted by Gasteiger charge is 2.42. The van der Waals surface area contributed by atoms with E-state index in [2.05, 4.69) is 31.2 Å². The van der Waals surface area contributed by atoms with Crippen molar-refractivity contribution in [1.82, 2.24) is 0 Å². The summed E-state index contributed by atoms with van der Waals surface area (Å²) in [5.74, 6) is 2.15. The first-order valence-corrected chi connectivity index (χ1v) is 7.36. The third-order valence-corrected chi connectivity index (χ3v) is 4.78. The Morgan fingerprint density at radius 1 is 1.41 bits per heavy atom. The summed E-state index contributed by atoms with van der Waals surface area (Å²) >= 11 is 1.79. The van der Waals surface area contributed by atoms with E-state index in [-0.39, 0.29) is 0 Å². The van der Waals surface area contributed by atoms with Crippen molar-refractivity contribution in [3.05, 3.63) is 35.4 Å². The van der Waals surface area contributed by atoms with Crippen molar-refractivity contribution in [3.63, 3.8) is 0 Å². The molecule has 1 fully saturated rings. The van der Waals surface area contributed by atoms with Gasteiger partial charge in [-0.2, -0.15) is 11.8 Å². The molecule has 3 heteroatoms. The van der Waals surface area contributed by atoms with Gasteiger partial charge in [0, 0.05) is 18.1 Å². The molecular formula is C14H21NOS. The van der Waals surface area contributed by atoms with Crippen LogP contribution in [0.5, 0.6) is 0 Å². The van der Waals surface area contributed by atoms with Gasteiger partial charge in [-0.25, -0.2) is 0 Å². The summed E-state index contributed by atoms with van der Waals surface area (Å²) in [6, 6.07) is 8.41. The molecule has 2 rings (SSSR count). The van der Waals surface area contributed by atoms with Crippen molar-refractivity contribution < 1.29 is 5.11 Å². The highest BCUT2D eigenvalue weighted by atomic mass is 32.2. The molecule has 1 unspecified atom stereocenters. The molecule has 0 aliphatic heterocycles. The topological polar surface area (TPSA) is 46.2 Å². The van der Waals surface area contributed by atoms with E-state index in [1.54, 1.807) is 11.8 Å². The molecule has 17 heavy (non-hydrogen) atoms. The zero-order valence-corrected chi connectivity index (χ0v) is 11.2. The lowest BCUT2D eigenvalue weighted by molar-refractivity contribution is 0.0510. The van der Waals surface area contributed by atoms with Crippen LogP contribution in [-0.2, 0) is 5.75 Å². The molecule has 0 heterocycles. The van der Waals surface area contributed by atoms with Crippen LogP contribution in [0.1, 0.15) is 24.0 Å². The van der Waals surface area contributed by atoms with Gasteiger partial charge in [-0.05, 0) is 36.8 Å². The zero-order valence-electron chi connectivity index (χ0n) is 10.4. The van der Waals surface area contributed by atoms with Gasteiger partial charge in [0.1, 0.15) is 0 Å². The van der Waals surface area contributed by atoms with Crippen molar-refractivity contribution in [2.45, 2.75) is 31.1 Å². The van der Waals surface area contributed by atoms with E-state index in [9.17, 15) is 5.11 Å². The molecule has 1 saturated carbocycles. The van der Waals surface area contributed by atoms with E-state index in [0.29, 0.717) is 12.5 Å². The Hall–Kier alpha value is -0.510. The van der Waals surface area contributed by atoms with Gasteiger partial charge >= 0.3 is 0 Å². The highest BCUT2D eigenvalue weighted by molar-refractivity contribution is 7.98. The number of aryl methyl sites for hydroxylation is 1. The van der Waals surface area contributed by atoms with Crippen LogP contribution in [0.4, 0.5) is 0 Å². The molecule has 0 saturated heterocycles. The summed E-state index contributed by atoms with van der Waals surface area (Å²) in [5.41, 5.74) is 7.74. The molecule has 0 bridgehead atoms. The minimum atomic E-state index is -0.632. The van der Waals surface area contributed by atoms with Gasteiger partial charge in [-0.15, -0.1) is 0 Å². The van der Waals surface area contributed by atoms with Crippen molar-refractivity contribution in [2.75, 3.05) is 12.3 Å². The quantitative estimate of drug-likeness (QED) is 0.815. The second-order valence-corrected chi connectivity index (χ2v) is 5.99. The van der Waals surface area contributed by atoms with E-state index < -0.39 is 5.60 Å². The maximum Gasteiger partial charge on any atom is 0.0887 e. The summed E-state index contributed by atoms with van der Waals surface area (Å²) in [6.45, 7) is 2.52. The van der Waals surface area contributed by atoms with Crippen LogP contribution < -0.4 is 5.73 Å². The molecule has 1 aliphatic rings. The first-order chi connectivity index (χ1) is 8.15.